The summed E-state index contributed by atoms with van der Waals surface area (Å²) in [6.07, 6.45) is 4.47. The van der Waals surface area contributed by atoms with E-state index in [1.54, 1.807) is 6.92 Å². The molecular formula is C18H21N3O3S. The van der Waals surface area contributed by atoms with Crippen LogP contribution in [0.1, 0.15) is 35.0 Å². The van der Waals surface area contributed by atoms with E-state index in [1.807, 2.05) is 10.6 Å². The Morgan fingerprint density at radius 3 is 3.24 bits per heavy atom. The van der Waals surface area contributed by atoms with Gasteiger partial charge in [-0.3, -0.25) is 4.40 Å². The first-order valence-corrected chi connectivity index (χ1v) is 9.46. The van der Waals surface area contributed by atoms with Crippen LogP contribution in [-0.2, 0) is 16.0 Å². The fourth-order valence-electron chi connectivity index (χ4n) is 3.15. The number of benzene rings is 1. The Bertz CT molecular complexity index is 896. The highest BCUT2D eigenvalue weighted by Gasteiger charge is 2.16. The lowest BCUT2D eigenvalue weighted by atomic mass is 10.2. The number of thiazole rings is 1. The Balaban J connectivity index is 1.49. The highest BCUT2D eigenvalue weighted by Crippen LogP contribution is 2.25. The molecule has 132 valence electrons. The van der Waals surface area contributed by atoms with Gasteiger partial charge in [0.25, 0.3) is 0 Å². The number of hydrogen-bond donors (Lipinski definition) is 1. The fraction of sp³-hybridized carbons (Fsp3) is 0.444. The first-order valence-electron chi connectivity index (χ1n) is 8.64. The number of rotatable bonds is 6. The molecule has 1 aliphatic heterocycles. The maximum atomic E-state index is 11.9. The molecule has 1 N–H and O–H groups in total. The lowest BCUT2D eigenvalue weighted by Gasteiger charge is -2.10. The normalized spacial score (nSPS) is 17.6. The summed E-state index contributed by atoms with van der Waals surface area (Å²) in [6, 6.07) is 6.25. The molecule has 6 nitrogen and oxygen atoms in total. The van der Waals surface area contributed by atoms with Gasteiger partial charge in [0.15, 0.2) is 4.96 Å². The zero-order chi connectivity index (χ0) is 17.2. The summed E-state index contributed by atoms with van der Waals surface area (Å²) in [5, 5.41) is 3.46. The lowest BCUT2D eigenvalue weighted by Crippen LogP contribution is -2.25. The molecule has 1 atom stereocenters. The van der Waals surface area contributed by atoms with Crippen LogP contribution in [0.25, 0.3) is 16.0 Å². The first kappa shape index (κ1) is 16.5. The van der Waals surface area contributed by atoms with Crippen molar-refractivity contribution >= 4 is 33.3 Å². The third-order valence-electron chi connectivity index (χ3n) is 4.37. The molecule has 1 fully saturated rings. The molecular weight excluding hydrogens is 338 g/mol. The summed E-state index contributed by atoms with van der Waals surface area (Å²) >= 11 is 1.36. The molecule has 25 heavy (non-hydrogen) atoms. The summed E-state index contributed by atoms with van der Waals surface area (Å²) in [4.78, 5) is 17.9. The highest BCUT2D eigenvalue weighted by atomic mass is 32.1. The van der Waals surface area contributed by atoms with E-state index in [1.165, 1.54) is 16.9 Å². The van der Waals surface area contributed by atoms with Gasteiger partial charge in [0.1, 0.15) is 4.88 Å². The van der Waals surface area contributed by atoms with Crippen molar-refractivity contribution < 1.29 is 14.3 Å². The molecule has 0 radical (unpaired) electrons. The Labute approximate surface area is 149 Å². The second-order valence-electron chi connectivity index (χ2n) is 6.17. The quantitative estimate of drug-likeness (QED) is 0.686. The molecule has 3 heterocycles. The number of nitrogens with zero attached hydrogens (tertiary/aromatic N) is 2. The van der Waals surface area contributed by atoms with Gasteiger partial charge in [-0.2, -0.15) is 0 Å². The van der Waals surface area contributed by atoms with E-state index in [0.717, 1.165) is 48.5 Å². The Hall–Kier alpha value is -1.96. The Morgan fingerprint density at radius 1 is 1.52 bits per heavy atom. The fourth-order valence-corrected chi connectivity index (χ4v) is 4.04. The number of fused-ring (bicyclic) bond motifs is 3. The van der Waals surface area contributed by atoms with E-state index in [0.29, 0.717) is 17.6 Å². The number of carbonyl (C=O) groups excluding carboxylic acids is 1. The van der Waals surface area contributed by atoms with Gasteiger partial charge in [-0.15, -0.1) is 0 Å². The minimum atomic E-state index is -0.291. The average Bonchev–Trinajstić information content (AvgIpc) is 3.30. The van der Waals surface area contributed by atoms with Crippen molar-refractivity contribution in [3.05, 3.63) is 34.8 Å². The molecule has 1 saturated heterocycles. The van der Waals surface area contributed by atoms with Gasteiger partial charge in [-0.1, -0.05) is 17.4 Å². The topological polar surface area (TPSA) is 64.9 Å². The van der Waals surface area contributed by atoms with Crippen LogP contribution >= 0.6 is 11.3 Å². The van der Waals surface area contributed by atoms with Crippen LogP contribution in [0.3, 0.4) is 0 Å². The van der Waals surface area contributed by atoms with E-state index in [-0.39, 0.29) is 5.97 Å². The van der Waals surface area contributed by atoms with Gasteiger partial charge in [-0.25, -0.2) is 9.78 Å². The number of ether oxygens (including phenoxy) is 2. The summed E-state index contributed by atoms with van der Waals surface area (Å²) in [6.45, 7) is 4.76. The molecule has 1 unspecified atom stereocenters. The molecule has 1 aliphatic rings. The van der Waals surface area contributed by atoms with E-state index in [2.05, 4.69) is 28.5 Å². The van der Waals surface area contributed by atoms with Gasteiger partial charge in [-0.05, 0) is 37.5 Å². The monoisotopic (exact) mass is 359 g/mol. The summed E-state index contributed by atoms with van der Waals surface area (Å²) in [5.74, 6) is -0.291. The minimum absolute atomic E-state index is 0.291. The van der Waals surface area contributed by atoms with Crippen LogP contribution in [0.2, 0.25) is 0 Å². The van der Waals surface area contributed by atoms with Gasteiger partial charge < -0.3 is 14.8 Å². The van der Waals surface area contributed by atoms with Crippen LogP contribution in [0.5, 0.6) is 0 Å². The van der Waals surface area contributed by atoms with E-state index in [4.69, 9.17) is 9.47 Å². The van der Waals surface area contributed by atoms with Crippen molar-refractivity contribution in [3.8, 4) is 0 Å². The molecule has 0 bridgehead atoms. The predicted octanol–water partition coefficient (Wildman–Crippen LogP) is 2.99. The predicted molar refractivity (Wildman–Crippen MR) is 97.2 cm³/mol. The number of esters is 1. The first-order chi connectivity index (χ1) is 12.2. The summed E-state index contributed by atoms with van der Waals surface area (Å²) < 4.78 is 12.6. The molecule has 1 aromatic carbocycles. The smallest absolute Gasteiger partial charge is 0.349 e. The number of nitrogens with one attached hydrogen (secondary N) is 1. The molecule has 0 amide bonds. The van der Waals surface area contributed by atoms with Crippen LogP contribution in [0, 0.1) is 0 Å². The van der Waals surface area contributed by atoms with Crippen LogP contribution in [0.15, 0.2) is 24.4 Å². The van der Waals surface area contributed by atoms with E-state index in [9.17, 15) is 4.79 Å². The van der Waals surface area contributed by atoms with Crippen molar-refractivity contribution in [3.63, 3.8) is 0 Å². The average molecular weight is 359 g/mol. The molecule has 0 spiro atoms. The van der Waals surface area contributed by atoms with Crippen molar-refractivity contribution in [1.82, 2.24) is 14.7 Å². The zero-order valence-corrected chi connectivity index (χ0v) is 15.0. The number of aromatic nitrogens is 2. The largest absolute Gasteiger partial charge is 0.462 e. The standard InChI is InChI=1S/C18H21N3O3S/c1-2-23-17(22)16-11-21-15-6-5-12(8-14(15)20-18(21)25-16)9-19-10-13-4-3-7-24-13/h5-6,8,11,13,19H,2-4,7,9-10H2,1H3. The molecule has 0 aliphatic carbocycles. The molecule has 4 rings (SSSR count). The van der Waals surface area contributed by atoms with Gasteiger partial charge in [0.2, 0.25) is 0 Å². The maximum Gasteiger partial charge on any atom is 0.349 e. The van der Waals surface area contributed by atoms with Crippen molar-refractivity contribution in [2.45, 2.75) is 32.4 Å². The minimum Gasteiger partial charge on any atom is -0.462 e. The van der Waals surface area contributed by atoms with Crippen molar-refractivity contribution in [2.24, 2.45) is 0 Å². The maximum absolute atomic E-state index is 11.9. The van der Waals surface area contributed by atoms with Gasteiger partial charge in [0, 0.05) is 25.9 Å². The van der Waals surface area contributed by atoms with Gasteiger partial charge >= 0.3 is 5.97 Å². The van der Waals surface area contributed by atoms with Crippen LogP contribution < -0.4 is 5.32 Å². The summed E-state index contributed by atoms with van der Waals surface area (Å²) in [7, 11) is 0. The van der Waals surface area contributed by atoms with Gasteiger partial charge in [0.05, 0.1) is 23.7 Å². The van der Waals surface area contributed by atoms with E-state index >= 15 is 0 Å². The van der Waals surface area contributed by atoms with Crippen molar-refractivity contribution in [1.29, 1.82) is 0 Å². The van der Waals surface area contributed by atoms with Crippen LogP contribution in [-0.4, -0.2) is 41.2 Å². The third-order valence-corrected chi connectivity index (χ3v) is 5.33. The van der Waals surface area contributed by atoms with Crippen LogP contribution in [0.4, 0.5) is 0 Å². The zero-order valence-electron chi connectivity index (χ0n) is 14.2. The second kappa shape index (κ2) is 7.11. The van der Waals surface area contributed by atoms with Crippen molar-refractivity contribution in [2.75, 3.05) is 19.8 Å². The lowest BCUT2D eigenvalue weighted by molar-refractivity contribution is 0.0531. The SMILES string of the molecule is CCOC(=O)c1cn2c(nc3cc(CNCC4CCCO4)ccc32)s1. The Morgan fingerprint density at radius 2 is 2.44 bits per heavy atom. The molecule has 2 aromatic heterocycles. The number of imidazole rings is 1. The number of hydrogen-bond acceptors (Lipinski definition) is 6. The number of carbonyl (C=O) groups is 1. The second-order valence-corrected chi connectivity index (χ2v) is 7.18. The summed E-state index contributed by atoms with van der Waals surface area (Å²) in [5.41, 5.74) is 3.14. The molecule has 0 saturated carbocycles. The molecule has 7 heteroatoms. The highest BCUT2D eigenvalue weighted by molar-refractivity contribution is 7.18. The molecule has 3 aromatic rings. The van der Waals surface area contributed by atoms with E-state index < -0.39 is 0 Å². The Kier molecular flexibility index (Phi) is 4.70. The third kappa shape index (κ3) is 3.40.